The van der Waals surface area contributed by atoms with Crippen molar-refractivity contribution in [1.82, 2.24) is 10.3 Å². The second-order valence-corrected chi connectivity index (χ2v) is 6.60. The van der Waals surface area contributed by atoms with Crippen LogP contribution in [0.5, 0.6) is 0 Å². The molecule has 2 aliphatic rings. The molecule has 1 aromatic heterocycles. The Morgan fingerprint density at radius 1 is 1.28 bits per heavy atom. The molecule has 7 heteroatoms. The molecule has 0 spiro atoms. The summed E-state index contributed by atoms with van der Waals surface area (Å²) < 4.78 is 41.2. The Labute approximate surface area is 144 Å². The van der Waals surface area contributed by atoms with E-state index < -0.39 is 11.7 Å². The van der Waals surface area contributed by atoms with Crippen LogP contribution in [0.15, 0.2) is 36.7 Å². The number of anilines is 3. The largest absolute Gasteiger partial charge is 0.418 e. The standard InChI is InChI=1S/C18H19F3N4/c1-25-16-4-6-23-10-14(16)13-7-12(24-11-3-2-5-22-9-11)8-15(17(13)25)18(19,20)21/h2-3,5,7-9,14,16,23-24H,4,6,10H2,1H3. The molecule has 4 rings (SSSR count). The third-order valence-corrected chi connectivity index (χ3v) is 5.09. The molecule has 1 fully saturated rings. The van der Waals surface area contributed by atoms with Gasteiger partial charge in [-0.25, -0.2) is 0 Å². The van der Waals surface area contributed by atoms with E-state index in [4.69, 9.17) is 0 Å². The van der Waals surface area contributed by atoms with Gasteiger partial charge in [0.15, 0.2) is 0 Å². The predicted octanol–water partition coefficient (Wildman–Crippen LogP) is 3.74. The molecule has 0 amide bonds. The zero-order valence-electron chi connectivity index (χ0n) is 13.8. The van der Waals surface area contributed by atoms with Gasteiger partial charge in [0.1, 0.15) is 0 Å². The number of aromatic nitrogens is 1. The van der Waals surface area contributed by atoms with Crippen molar-refractivity contribution in [3.63, 3.8) is 0 Å². The topological polar surface area (TPSA) is 40.2 Å². The van der Waals surface area contributed by atoms with E-state index in [9.17, 15) is 13.2 Å². The first-order valence-electron chi connectivity index (χ1n) is 8.31. The molecular formula is C18H19F3N4. The lowest BCUT2D eigenvalue weighted by Crippen LogP contribution is -2.42. The van der Waals surface area contributed by atoms with Crippen LogP contribution in [0.4, 0.5) is 30.2 Å². The molecule has 3 heterocycles. The van der Waals surface area contributed by atoms with Gasteiger partial charge in [0.2, 0.25) is 0 Å². The summed E-state index contributed by atoms with van der Waals surface area (Å²) in [5.41, 5.74) is 1.62. The molecule has 2 N–H and O–H groups in total. The van der Waals surface area contributed by atoms with Gasteiger partial charge < -0.3 is 15.5 Å². The molecular weight excluding hydrogens is 329 g/mol. The molecule has 1 aromatic carbocycles. The van der Waals surface area contributed by atoms with Crippen LogP contribution in [0.25, 0.3) is 0 Å². The fraction of sp³-hybridized carbons (Fsp3) is 0.389. The van der Waals surface area contributed by atoms with Crippen LogP contribution in [-0.2, 0) is 6.18 Å². The van der Waals surface area contributed by atoms with Crippen molar-refractivity contribution in [3.05, 3.63) is 47.8 Å². The van der Waals surface area contributed by atoms with Gasteiger partial charge in [-0.2, -0.15) is 13.2 Å². The number of fused-ring (bicyclic) bond motifs is 3. The van der Waals surface area contributed by atoms with Crippen molar-refractivity contribution >= 4 is 17.1 Å². The summed E-state index contributed by atoms with van der Waals surface area (Å²) in [6, 6.07) is 6.70. The van der Waals surface area contributed by atoms with Crippen LogP contribution in [0.2, 0.25) is 0 Å². The van der Waals surface area contributed by atoms with Crippen LogP contribution in [0.1, 0.15) is 23.5 Å². The zero-order valence-corrected chi connectivity index (χ0v) is 13.8. The highest BCUT2D eigenvalue weighted by molar-refractivity contribution is 5.74. The lowest BCUT2D eigenvalue weighted by molar-refractivity contribution is -0.137. The van der Waals surface area contributed by atoms with Crippen LogP contribution in [-0.4, -0.2) is 31.2 Å². The SMILES string of the molecule is CN1c2c(cc(Nc3cccnc3)cc2C(F)(F)F)C2CNCCC21. The maximum absolute atomic E-state index is 13.7. The van der Waals surface area contributed by atoms with Gasteiger partial charge in [-0.1, -0.05) is 0 Å². The van der Waals surface area contributed by atoms with Gasteiger partial charge in [0.25, 0.3) is 0 Å². The first-order chi connectivity index (χ1) is 11.9. The minimum Gasteiger partial charge on any atom is -0.370 e. The second-order valence-electron chi connectivity index (χ2n) is 6.60. The number of pyridine rings is 1. The smallest absolute Gasteiger partial charge is 0.370 e. The molecule has 25 heavy (non-hydrogen) atoms. The summed E-state index contributed by atoms with van der Waals surface area (Å²) >= 11 is 0. The number of halogens is 3. The minimum atomic E-state index is -4.40. The third kappa shape index (κ3) is 2.82. The number of benzene rings is 1. The molecule has 4 nitrogen and oxygen atoms in total. The number of nitrogens with zero attached hydrogens (tertiary/aromatic N) is 2. The quantitative estimate of drug-likeness (QED) is 0.867. The molecule has 1 saturated heterocycles. The van der Waals surface area contributed by atoms with Crippen molar-refractivity contribution in [2.24, 2.45) is 0 Å². The maximum Gasteiger partial charge on any atom is 0.418 e. The molecule has 132 valence electrons. The normalized spacial score (nSPS) is 22.5. The molecule has 2 unspecified atom stereocenters. The number of nitrogens with one attached hydrogen (secondary N) is 2. The van der Waals surface area contributed by atoms with E-state index in [0.29, 0.717) is 23.6 Å². The number of hydrogen-bond acceptors (Lipinski definition) is 4. The van der Waals surface area contributed by atoms with Gasteiger partial charge in [-0.15, -0.1) is 0 Å². The van der Waals surface area contributed by atoms with Crippen molar-refractivity contribution in [1.29, 1.82) is 0 Å². The number of likely N-dealkylation sites (N-methyl/N-ethyl adjacent to an activating group) is 1. The highest BCUT2D eigenvalue weighted by atomic mass is 19.4. The van der Waals surface area contributed by atoms with E-state index in [0.717, 1.165) is 18.5 Å². The third-order valence-electron chi connectivity index (χ3n) is 5.09. The molecule has 0 radical (unpaired) electrons. The van der Waals surface area contributed by atoms with Gasteiger partial charge in [0, 0.05) is 37.4 Å². The summed E-state index contributed by atoms with van der Waals surface area (Å²) in [5.74, 6) is 0.0745. The lowest BCUT2D eigenvalue weighted by Gasteiger charge is -2.31. The van der Waals surface area contributed by atoms with Crippen molar-refractivity contribution in [2.75, 3.05) is 30.4 Å². The highest BCUT2D eigenvalue weighted by Gasteiger charge is 2.45. The Bertz CT molecular complexity index is 776. The second kappa shape index (κ2) is 5.91. The summed E-state index contributed by atoms with van der Waals surface area (Å²) in [6.45, 7) is 1.54. The molecule has 2 aromatic rings. The fourth-order valence-electron chi connectivity index (χ4n) is 4.02. The van der Waals surface area contributed by atoms with E-state index in [2.05, 4.69) is 15.6 Å². The van der Waals surface area contributed by atoms with Crippen LogP contribution < -0.4 is 15.5 Å². The molecule has 2 aliphatic heterocycles. The Balaban J connectivity index is 1.82. The van der Waals surface area contributed by atoms with Gasteiger partial charge in [-0.3, -0.25) is 4.98 Å². The van der Waals surface area contributed by atoms with E-state index >= 15 is 0 Å². The zero-order chi connectivity index (χ0) is 17.6. The van der Waals surface area contributed by atoms with E-state index in [-0.39, 0.29) is 12.0 Å². The number of piperidine rings is 1. The summed E-state index contributed by atoms with van der Waals surface area (Å²) in [5, 5.41) is 6.36. The average Bonchev–Trinajstić information content (AvgIpc) is 2.88. The Morgan fingerprint density at radius 2 is 2.12 bits per heavy atom. The summed E-state index contributed by atoms with van der Waals surface area (Å²) in [4.78, 5) is 5.82. The van der Waals surface area contributed by atoms with E-state index in [1.807, 2.05) is 11.0 Å². The van der Waals surface area contributed by atoms with E-state index in [1.54, 1.807) is 31.6 Å². The summed E-state index contributed by atoms with van der Waals surface area (Å²) in [7, 11) is 1.78. The predicted molar refractivity (Wildman–Crippen MR) is 91.4 cm³/mol. The van der Waals surface area contributed by atoms with Crippen LogP contribution in [0.3, 0.4) is 0 Å². The van der Waals surface area contributed by atoms with Crippen LogP contribution >= 0.6 is 0 Å². The number of rotatable bonds is 2. The summed E-state index contributed by atoms with van der Waals surface area (Å²) in [6.07, 6.45) is -0.329. The molecule has 0 aliphatic carbocycles. The van der Waals surface area contributed by atoms with Crippen molar-refractivity contribution < 1.29 is 13.2 Å². The highest BCUT2D eigenvalue weighted by Crippen LogP contribution is 2.50. The van der Waals surface area contributed by atoms with Gasteiger partial charge in [-0.05, 0) is 42.8 Å². The number of hydrogen-bond donors (Lipinski definition) is 2. The van der Waals surface area contributed by atoms with Crippen molar-refractivity contribution in [2.45, 2.75) is 24.6 Å². The van der Waals surface area contributed by atoms with E-state index in [1.165, 1.54) is 6.07 Å². The lowest BCUT2D eigenvalue weighted by atomic mass is 9.89. The van der Waals surface area contributed by atoms with Gasteiger partial charge in [0.05, 0.1) is 23.1 Å². The van der Waals surface area contributed by atoms with Gasteiger partial charge >= 0.3 is 6.18 Å². The minimum absolute atomic E-state index is 0.0745. The molecule has 2 atom stereocenters. The molecule has 0 bridgehead atoms. The first kappa shape index (κ1) is 16.2. The Kier molecular flexibility index (Phi) is 3.83. The average molecular weight is 348 g/mol. The molecule has 0 saturated carbocycles. The number of alkyl halides is 3. The Hall–Kier alpha value is -2.28. The maximum atomic E-state index is 13.7. The first-order valence-corrected chi connectivity index (χ1v) is 8.31. The monoisotopic (exact) mass is 348 g/mol. The van der Waals surface area contributed by atoms with Crippen molar-refractivity contribution in [3.8, 4) is 0 Å². The Morgan fingerprint density at radius 3 is 2.84 bits per heavy atom. The fourth-order valence-corrected chi connectivity index (χ4v) is 4.02. The van der Waals surface area contributed by atoms with Crippen LogP contribution in [0, 0.1) is 0 Å².